The number of nitrogens with zero attached hydrogens (tertiary/aromatic N) is 3. The van der Waals surface area contributed by atoms with Gasteiger partial charge in [0.1, 0.15) is 17.2 Å². The average molecular weight is 353 g/mol. The van der Waals surface area contributed by atoms with Crippen molar-refractivity contribution >= 4 is 17.2 Å². The van der Waals surface area contributed by atoms with Crippen molar-refractivity contribution in [3.63, 3.8) is 0 Å². The molecule has 0 radical (unpaired) electrons. The van der Waals surface area contributed by atoms with Crippen LogP contribution >= 0.6 is 0 Å². The summed E-state index contributed by atoms with van der Waals surface area (Å²) in [5.41, 5.74) is 4.98. The molecule has 1 aliphatic rings. The minimum absolute atomic E-state index is 0.0504. The summed E-state index contributed by atoms with van der Waals surface area (Å²) in [7, 11) is 0. The van der Waals surface area contributed by atoms with E-state index in [9.17, 15) is 0 Å². The summed E-state index contributed by atoms with van der Waals surface area (Å²) in [6.07, 6.45) is 3.96. The number of benzene rings is 3. The predicted molar refractivity (Wildman–Crippen MR) is 106 cm³/mol. The molecule has 0 amide bonds. The molecule has 4 heteroatoms. The molecule has 4 aromatic rings. The van der Waals surface area contributed by atoms with Gasteiger partial charge in [-0.1, -0.05) is 77.5 Å². The number of fused-ring (bicyclic) bond motifs is 1. The summed E-state index contributed by atoms with van der Waals surface area (Å²) in [6, 6.07) is 26.9. The van der Waals surface area contributed by atoms with Gasteiger partial charge in [0.2, 0.25) is 0 Å². The van der Waals surface area contributed by atoms with Gasteiger partial charge < -0.3 is 4.74 Å². The van der Waals surface area contributed by atoms with Gasteiger partial charge in [0.25, 0.3) is 0 Å². The van der Waals surface area contributed by atoms with E-state index in [1.165, 1.54) is 5.56 Å². The standard InChI is InChI=1S/C23H19N3O/c1-17-11-13-19(14-12-17)23(18-7-3-2-4-8-18)22(27-23)15-16-26-21-10-6-5-9-20(21)24-25-26/h2-16,22H,1H3/b16-15+. The van der Waals surface area contributed by atoms with Gasteiger partial charge in [-0.2, -0.15) is 0 Å². The van der Waals surface area contributed by atoms with Crippen molar-refractivity contribution in [2.45, 2.75) is 18.6 Å². The number of para-hydroxylation sites is 1. The maximum absolute atomic E-state index is 6.28. The molecule has 2 atom stereocenters. The van der Waals surface area contributed by atoms with Crippen molar-refractivity contribution in [2.75, 3.05) is 0 Å². The Labute approximate surface area is 157 Å². The first kappa shape index (κ1) is 16.0. The lowest BCUT2D eigenvalue weighted by molar-refractivity contribution is 0.338. The highest BCUT2D eigenvalue weighted by Crippen LogP contribution is 2.52. The summed E-state index contributed by atoms with van der Waals surface area (Å²) in [6.45, 7) is 2.10. The van der Waals surface area contributed by atoms with E-state index in [1.807, 2.05) is 36.5 Å². The molecule has 27 heavy (non-hydrogen) atoms. The van der Waals surface area contributed by atoms with Crippen molar-refractivity contribution in [1.29, 1.82) is 0 Å². The van der Waals surface area contributed by atoms with E-state index in [-0.39, 0.29) is 6.10 Å². The van der Waals surface area contributed by atoms with Crippen LogP contribution in [0.2, 0.25) is 0 Å². The zero-order valence-electron chi connectivity index (χ0n) is 15.0. The largest absolute Gasteiger partial charge is 0.351 e. The van der Waals surface area contributed by atoms with Gasteiger partial charge in [-0.15, -0.1) is 5.10 Å². The lowest BCUT2D eigenvalue weighted by atomic mass is 9.87. The highest BCUT2D eigenvalue weighted by atomic mass is 16.6. The van der Waals surface area contributed by atoms with E-state index in [1.54, 1.807) is 4.68 Å². The van der Waals surface area contributed by atoms with Crippen molar-refractivity contribution in [3.8, 4) is 0 Å². The van der Waals surface area contributed by atoms with Crippen LogP contribution in [0.5, 0.6) is 0 Å². The fraction of sp³-hybridized carbons (Fsp3) is 0.130. The van der Waals surface area contributed by atoms with E-state index < -0.39 is 5.60 Å². The maximum Gasteiger partial charge on any atom is 0.149 e. The normalized spacial score (nSPS) is 21.7. The number of aryl methyl sites for hydroxylation is 1. The topological polar surface area (TPSA) is 43.2 Å². The zero-order chi connectivity index (χ0) is 18.3. The quantitative estimate of drug-likeness (QED) is 0.505. The number of hydrogen-bond acceptors (Lipinski definition) is 3. The Hall–Kier alpha value is -3.24. The average Bonchev–Trinajstić information content (AvgIpc) is 3.31. The van der Waals surface area contributed by atoms with Crippen LogP contribution in [0, 0.1) is 6.92 Å². The Bertz CT molecular complexity index is 1120. The molecule has 5 rings (SSSR count). The second-order valence-corrected chi connectivity index (χ2v) is 6.87. The fourth-order valence-corrected chi connectivity index (χ4v) is 3.62. The highest BCUT2D eigenvalue weighted by molar-refractivity contribution is 5.75. The first-order chi connectivity index (χ1) is 13.3. The second kappa shape index (κ2) is 6.18. The van der Waals surface area contributed by atoms with Crippen molar-refractivity contribution in [2.24, 2.45) is 0 Å². The van der Waals surface area contributed by atoms with Crippen LogP contribution in [0.15, 0.2) is 84.9 Å². The van der Waals surface area contributed by atoms with Gasteiger partial charge in [0.05, 0.1) is 5.52 Å². The van der Waals surface area contributed by atoms with E-state index in [4.69, 9.17) is 4.74 Å². The smallest absolute Gasteiger partial charge is 0.149 e. The van der Waals surface area contributed by atoms with Crippen molar-refractivity contribution in [3.05, 3.63) is 102 Å². The van der Waals surface area contributed by atoms with Crippen LogP contribution in [-0.4, -0.2) is 21.1 Å². The molecule has 0 bridgehead atoms. The molecule has 4 nitrogen and oxygen atoms in total. The summed E-state index contributed by atoms with van der Waals surface area (Å²) < 4.78 is 8.07. The molecule has 1 aliphatic heterocycles. The summed E-state index contributed by atoms with van der Waals surface area (Å²) >= 11 is 0. The van der Waals surface area contributed by atoms with Gasteiger partial charge in [0.15, 0.2) is 0 Å². The van der Waals surface area contributed by atoms with Gasteiger partial charge in [0, 0.05) is 6.20 Å². The Balaban J connectivity index is 1.52. The SMILES string of the molecule is Cc1ccc(C2(c3ccccc3)OC2/C=C/n2nnc3ccccc32)cc1. The van der Waals surface area contributed by atoms with Gasteiger partial charge >= 0.3 is 0 Å². The number of hydrogen-bond donors (Lipinski definition) is 0. The first-order valence-electron chi connectivity index (χ1n) is 9.06. The van der Waals surface area contributed by atoms with E-state index in [0.29, 0.717) is 0 Å². The van der Waals surface area contributed by atoms with Crippen LogP contribution in [0.4, 0.5) is 0 Å². The summed E-state index contributed by atoms with van der Waals surface area (Å²) in [4.78, 5) is 0. The molecule has 2 heterocycles. The highest BCUT2D eigenvalue weighted by Gasteiger charge is 2.57. The molecule has 3 aromatic carbocycles. The Morgan fingerprint density at radius 2 is 1.59 bits per heavy atom. The third-order valence-corrected chi connectivity index (χ3v) is 5.12. The molecular weight excluding hydrogens is 334 g/mol. The van der Waals surface area contributed by atoms with E-state index in [2.05, 4.69) is 71.8 Å². The molecular formula is C23H19N3O. The molecule has 0 saturated carbocycles. The molecule has 2 unspecified atom stereocenters. The van der Waals surface area contributed by atoms with Crippen molar-refractivity contribution in [1.82, 2.24) is 15.0 Å². The number of epoxide rings is 1. The fourth-order valence-electron chi connectivity index (χ4n) is 3.62. The van der Waals surface area contributed by atoms with Crippen LogP contribution < -0.4 is 0 Å². The van der Waals surface area contributed by atoms with Crippen LogP contribution in [-0.2, 0) is 10.3 Å². The summed E-state index contributed by atoms with van der Waals surface area (Å²) in [5, 5.41) is 8.42. The van der Waals surface area contributed by atoms with E-state index >= 15 is 0 Å². The Morgan fingerprint density at radius 1 is 0.889 bits per heavy atom. The molecule has 0 N–H and O–H groups in total. The molecule has 1 saturated heterocycles. The lowest BCUT2D eigenvalue weighted by Gasteiger charge is -2.14. The maximum atomic E-state index is 6.28. The third-order valence-electron chi connectivity index (χ3n) is 5.12. The number of rotatable bonds is 4. The third kappa shape index (κ3) is 2.66. The Kier molecular flexibility index (Phi) is 3.66. The van der Waals surface area contributed by atoms with Crippen LogP contribution in [0.3, 0.4) is 0 Å². The molecule has 1 aromatic heterocycles. The van der Waals surface area contributed by atoms with E-state index in [0.717, 1.165) is 22.2 Å². The van der Waals surface area contributed by atoms with Gasteiger partial charge in [-0.05, 0) is 36.3 Å². The second-order valence-electron chi connectivity index (χ2n) is 6.87. The van der Waals surface area contributed by atoms with Gasteiger partial charge in [-0.3, -0.25) is 0 Å². The lowest BCUT2D eigenvalue weighted by Crippen LogP contribution is -2.14. The minimum Gasteiger partial charge on any atom is -0.351 e. The number of aromatic nitrogens is 3. The molecule has 0 aliphatic carbocycles. The molecule has 1 fully saturated rings. The first-order valence-corrected chi connectivity index (χ1v) is 9.06. The molecule has 0 spiro atoms. The van der Waals surface area contributed by atoms with Crippen LogP contribution in [0.25, 0.3) is 17.2 Å². The van der Waals surface area contributed by atoms with Crippen LogP contribution in [0.1, 0.15) is 16.7 Å². The number of ether oxygens (including phenoxy) is 1. The molecule has 132 valence electrons. The predicted octanol–water partition coefficient (Wildman–Crippen LogP) is 4.55. The van der Waals surface area contributed by atoms with Gasteiger partial charge in [-0.25, -0.2) is 4.68 Å². The summed E-state index contributed by atoms with van der Waals surface area (Å²) in [5.74, 6) is 0. The minimum atomic E-state index is -0.443. The Morgan fingerprint density at radius 3 is 2.41 bits per heavy atom. The monoisotopic (exact) mass is 353 g/mol. The van der Waals surface area contributed by atoms with Crippen molar-refractivity contribution < 1.29 is 4.74 Å². The zero-order valence-corrected chi connectivity index (χ0v) is 15.0.